The van der Waals surface area contributed by atoms with E-state index in [2.05, 4.69) is 20.5 Å². The molecule has 0 saturated heterocycles. The highest BCUT2D eigenvalue weighted by Crippen LogP contribution is 2.29. The van der Waals surface area contributed by atoms with Crippen LogP contribution in [-0.4, -0.2) is 38.8 Å². The number of aromatic nitrogens is 3. The Morgan fingerprint density at radius 2 is 2.08 bits per heavy atom. The minimum atomic E-state index is -4.52. The second-order valence-electron chi connectivity index (χ2n) is 4.98. The fourth-order valence-corrected chi connectivity index (χ4v) is 1.77. The quantitative estimate of drug-likeness (QED) is 0.767. The molecule has 1 atom stereocenters. The van der Waals surface area contributed by atoms with Crippen molar-refractivity contribution in [1.29, 1.82) is 0 Å². The fourth-order valence-electron chi connectivity index (χ4n) is 1.77. The first-order valence-electron chi connectivity index (χ1n) is 6.77. The number of aliphatic hydroxyl groups excluding tert-OH is 1. The zero-order chi connectivity index (χ0) is 17.9. The summed E-state index contributed by atoms with van der Waals surface area (Å²) in [5, 5.41) is 17.1. The Morgan fingerprint density at radius 1 is 1.38 bits per heavy atom. The van der Waals surface area contributed by atoms with E-state index in [1.807, 2.05) is 0 Å². The summed E-state index contributed by atoms with van der Waals surface area (Å²) >= 11 is 0. The van der Waals surface area contributed by atoms with Gasteiger partial charge in [0.15, 0.2) is 0 Å². The van der Waals surface area contributed by atoms with Gasteiger partial charge < -0.3 is 10.4 Å². The number of rotatable bonds is 4. The van der Waals surface area contributed by atoms with Gasteiger partial charge in [-0.2, -0.15) is 18.3 Å². The van der Waals surface area contributed by atoms with E-state index >= 15 is 0 Å². The highest BCUT2D eigenvalue weighted by Gasteiger charge is 2.30. The molecule has 128 valence electrons. The van der Waals surface area contributed by atoms with E-state index in [4.69, 9.17) is 5.11 Å². The van der Waals surface area contributed by atoms with Crippen LogP contribution < -0.4 is 10.9 Å². The van der Waals surface area contributed by atoms with E-state index in [9.17, 15) is 22.8 Å². The van der Waals surface area contributed by atoms with Gasteiger partial charge in [0.2, 0.25) is 0 Å². The number of hydrogen-bond acceptors (Lipinski definition) is 5. The maximum Gasteiger partial charge on any atom is 0.417 e. The minimum Gasteiger partial charge on any atom is -0.394 e. The Bertz CT molecular complexity index is 787. The predicted molar refractivity (Wildman–Crippen MR) is 77.1 cm³/mol. The molecule has 0 unspecified atom stereocenters. The first kappa shape index (κ1) is 17.6. The SMILES string of the molecule is C[C@@H](CO)NC(=O)c1cc(-c2ccc(C(F)(F)F)cn2)n[nH]c1=O. The lowest BCUT2D eigenvalue weighted by Crippen LogP contribution is -2.38. The topological polar surface area (TPSA) is 108 Å². The van der Waals surface area contributed by atoms with E-state index in [0.29, 0.717) is 6.20 Å². The maximum atomic E-state index is 12.5. The second-order valence-corrected chi connectivity index (χ2v) is 4.98. The Balaban J connectivity index is 2.34. The van der Waals surface area contributed by atoms with Crippen molar-refractivity contribution in [3.05, 3.63) is 45.9 Å². The smallest absolute Gasteiger partial charge is 0.394 e. The normalized spacial score (nSPS) is 12.7. The summed E-state index contributed by atoms with van der Waals surface area (Å²) in [7, 11) is 0. The molecule has 0 fully saturated rings. The zero-order valence-electron chi connectivity index (χ0n) is 12.4. The van der Waals surface area contributed by atoms with Crippen LogP contribution in [0, 0.1) is 0 Å². The molecule has 2 rings (SSSR count). The van der Waals surface area contributed by atoms with Gasteiger partial charge in [-0.05, 0) is 25.1 Å². The molecule has 2 heterocycles. The van der Waals surface area contributed by atoms with Crippen LogP contribution in [0.1, 0.15) is 22.8 Å². The Hall–Kier alpha value is -2.75. The van der Waals surface area contributed by atoms with Gasteiger partial charge in [-0.1, -0.05) is 0 Å². The van der Waals surface area contributed by atoms with Gasteiger partial charge >= 0.3 is 6.18 Å². The molecule has 2 aromatic rings. The molecule has 24 heavy (non-hydrogen) atoms. The van der Waals surface area contributed by atoms with Crippen molar-refractivity contribution in [3.63, 3.8) is 0 Å². The molecular formula is C14H13F3N4O3. The molecule has 0 aliphatic rings. The maximum absolute atomic E-state index is 12.5. The molecule has 1 amide bonds. The fraction of sp³-hybridized carbons (Fsp3) is 0.286. The number of halogens is 3. The van der Waals surface area contributed by atoms with Crippen molar-refractivity contribution in [3.8, 4) is 11.4 Å². The summed E-state index contributed by atoms with van der Waals surface area (Å²) in [6.45, 7) is 1.22. The highest BCUT2D eigenvalue weighted by atomic mass is 19.4. The summed E-state index contributed by atoms with van der Waals surface area (Å²) in [4.78, 5) is 27.3. The lowest BCUT2D eigenvalue weighted by Gasteiger charge is -2.10. The number of alkyl halides is 3. The van der Waals surface area contributed by atoms with Crippen molar-refractivity contribution >= 4 is 5.91 Å². The average Bonchev–Trinajstić information content (AvgIpc) is 2.54. The van der Waals surface area contributed by atoms with Crippen LogP contribution in [0.4, 0.5) is 13.2 Å². The number of pyridine rings is 1. The van der Waals surface area contributed by atoms with Crippen LogP contribution in [-0.2, 0) is 6.18 Å². The van der Waals surface area contributed by atoms with Gasteiger partial charge in [-0.15, -0.1) is 0 Å². The van der Waals surface area contributed by atoms with E-state index in [-0.39, 0.29) is 23.6 Å². The third-order valence-electron chi connectivity index (χ3n) is 3.05. The largest absolute Gasteiger partial charge is 0.417 e. The van der Waals surface area contributed by atoms with Crippen molar-refractivity contribution < 1.29 is 23.1 Å². The van der Waals surface area contributed by atoms with Gasteiger partial charge in [0.25, 0.3) is 11.5 Å². The molecule has 3 N–H and O–H groups in total. The van der Waals surface area contributed by atoms with Gasteiger partial charge in [-0.3, -0.25) is 14.6 Å². The van der Waals surface area contributed by atoms with Crippen LogP contribution in [0.5, 0.6) is 0 Å². The average molecular weight is 342 g/mol. The van der Waals surface area contributed by atoms with E-state index in [1.54, 1.807) is 0 Å². The standard InChI is InChI=1S/C14H13F3N4O3/c1-7(6-22)19-12(23)9-4-11(20-21-13(9)24)10-3-2-8(5-18-10)14(15,16)17/h2-5,7,22H,6H2,1H3,(H,19,23)(H,21,24)/t7-/m0/s1. The molecular weight excluding hydrogens is 329 g/mol. The Kier molecular flexibility index (Phi) is 4.98. The second kappa shape index (κ2) is 6.79. The van der Waals surface area contributed by atoms with E-state index in [1.165, 1.54) is 6.92 Å². The predicted octanol–water partition coefficient (Wildman–Crippen LogP) is 0.961. The number of carbonyl (C=O) groups excluding carboxylic acids is 1. The van der Waals surface area contributed by atoms with Crippen LogP contribution in [0.25, 0.3) is 11.4 Å². The molecule has 0 aliphatic heterocycles. The molecule has 7 nitrogen and oxygen atoms in total. The van der Waals surface area contributed by atoms with Crippen LogP contribution in [0.3, 0.4) is 0 Å². The first-order chi connectivity index (χ1) is 11.2. The summed E-state index contributed by atoms with van der Waals surface area (Å²) in [6.07, 6.45) is -3.88. The lowest BCUT2D eigenvalue weighted by molar-refractivity contribution is -0.137. The summed E-state index contributed by atoms with van der Waals surface area (Å²) < 4.78 is 37.6. The number of nitrogens with one attached hydrogen (secondary N) is 2. The number of aromatic amines is 1. The molecule has 0 spiro atoms. The van der Waals surface area contributed by atoms with E-state index in [0.717, 1.165) is 18.2 Å². The molecule has 2 aromatic heterocycles. The number of H-pyrrole nitrogens is 1. The summed E-state index contributed by atoms with van der Waals surface area (Å²) in [5.41, 5.74) is -1.89. The van der Waals surface area contributed by atoms with Crippen LogP contribution >= 0.6 is 0 Å². The molecule has 0 saturated carbocycles. The monoisotopic (exact) mass is 342 g/mol. The van der Waals surface area contributed by atoms with Crippen molar-refractivity contribution in [2.45, 2.75) is 19.1 Å². The summed E-state index contributed by atoms with van der Waals surface area (Å²) in [5.74, 6) is -0.742. The van der Waals surface area contributed by atoms with Gasteiger partial charge in [0.1, 0.15) is 11.3 Å². The molecule has 0 aliphatic carbocycles. The van der Waals surface area contributed by atoms with E-state index < -0.39 is 29.2 Å². The molecule has 0 radical (unpaired) electrons. The highest BCUT2D eigenvalue weighted by molar-refractivity contribution is 5.94. The van der Waals surface area contributed by atoms with Gasteiger partial charge in [0.05, 0.1) is 17.9 Å². The number of hydrogen-bond donors (Lipinski definition) is 3. The van der Waals surface area contributed by atoms with Crippen molar-refractivity contribution in [2.75, 3.05) is 6.61 Å². The zero-order valence-corrected chi connectivity index (χ0v) is 12.4. The number of nitrogens with zero attached hydrogens (tertiary/aromatic N) is 2. The third kappa shape index (κ3) is 3.96. The number of amides is 1. The van der Waals surface area contributed by atoms with Crippen molar-refractivity contribution in [2.24, 2.45) is 0 Å². The number of aliphatic hydroxyl groups is 1. The van der Waals surface area contributed by atoms with Crippen LogP contribution in [0.15, 0.2) is 29.2 Å². The lowest BCUT2D eigenvalue weighted by atomic mass is 10.1. The Labute approximate surface area is 133 Å². The van der Waals surface area contributed by atoms with Gasteiger partial charge in [-0.25, -0.2) is 5.10 Å². The molecule has 0 aromatic carbocycles. The first-order valence-corrected chi connectivity index (χ1v) is 6.77. The summed E-state index contributed by atoms with van der Waals surface area (Å²) in [6, 6.07) is 2.45. The molecule has 0 bridgehead atoms. The van der Waals surface area contributed by atoms with Gasteiger partial charge in [0, 0.05) is 12.2 Å². The van der Waals surface area contributed by atoms with Crippen molar-refractivity contribution in [1.82, 2.24) is 20.5 Å². The van der Waals surface area contributed by atoms with Crippen LogP contribution in [0.2, 0.25) is 0 Å². The third-order valence-corrected chi connectivity index (χ3v) is 3.05. The minimum absolute atomic E-state index is 0.0325. The number of carbonyl (C=O) groups is 1. The molecule has 10 heteroatoms. The Morgan fingerprint density at radius 3 is 2.62 bits per heavy atom.